The lowest BCUT2D eigenvalue weighted by Gasteiger charge is -2.28. The smallest absolute Gasteiger partial charge is 0.419 e. The maximum atomic E-state index is 16.7. The predicted molar refractivity (Wildman–Crippen MR) is 184 cm³/mol. The van der Waals surface area contributed by atoms with Crippen molar-refractivity contribution in [1.82, 2.24) is 14.8 Å². The Hall–Kier alpha value is -4.27. The monoisotopic (exact) mass is 759 g/mol. The number of nitrogens with one attached hydrogen (secondary N) is 1. The Morgan fingerprint density at radius 3 is 2.00 bits per heavy atom. The van der Waals surface area contributed by atoms with Crippen LogP contribution < -0.4 is 10.9 Å². The van der Waals surface area contributed by atoms with Gasteiger partial charge in [0.2, 0.25) is 5.91 Å². The summed E-state index contributed by atoms with van der Waals surface area (Å²) in [5, 5.41) is 2.28. The molecule has 0 fully saturated rings. The number of hydrogen-bond acceptors (Lipinski definition) is 5. The van der Waals surface area contributed by atoms with Crippen LogP contribution in [0.25, 0.3) is 11.1 Å². The van der Waals surface area contributed by atoms with Crippen LogP contribution in [0.1, 0.15) is 91.1 Å². The molecule has 53 heavy (non-hydrogen) atoms. The number of rotatable bonds is 14. The van der Waals surface area contributed by atoms with Crippen molar-refractivity contribution in [2.24, 2.45) is 5.92 Å². The first kappa shape index (κ1) is 43.1. The van der Waals surface area contributed by atoms with E-state index in [0.29, 0.717) is 29.8 Å². The lowest BCUT2D eigenvalue weighted by atomic mass is 9.88. The minimum atomic E-state index is -5.34. The van der Waals surface area contributed by atoms with Gasteiger partial charge in [0.1, 0.15) is 17.7 Å². The number of halogens is 8. The van der Waals surface area contributed by atoms with E-state index in [4.69, 9.17) is 4.74 Å². The number of benzene rings is 2. The highest BCUT2D eigenvalue weighted by atomic mass is 19.4. The predicted octanol–water partition coefficient (Wildman–Crippen LogP) is 8.65. The summed E-state index contributed by atoms with van der Waals surface area (Å²) in [4.78, 5) is 42.0. The number of ether oxygens (including phenoxy) is 1. The molecule has 3 rings (SSSR count). The van der Waals surface area contributed by atoms with Gasteiger partial charge in [-0.25, -0.2) is 8.78 Å². The number of hydrogen-bond donors (Lipinski definition) is 1. The summed E-state index contributed by atoms with van der Waals surface area (Å²) in [6, 6.07) is 0.204. The van der Waals surface area contributed by atoms with Crippen LogP contribution in [0, 0.1) is 38.3 Å². The molecule has 1 aromatic heterocycles. The molecule has 3 aromatic rings. The summed E-state index contributed by atoms with van der Waals surface area (Å²) in [6.07, 6.45) is -10.4. The van der Waals surface area contributed by atoms with E-state index in [0.717, 1.165) is 16.3 Å². The van der Waals surface area contributed by atoms with Gasteiger partial charge in [-0.2, -0.15) is 26.3 Å². The molecule has 0 aliphatic carbocycles. The zero-order valence-electron chi connectivity index (χ0n) is 30.9. The number of carbonyl (C=O) groups excluding carboxylic acids is 2. The number of amides is 1. The molecule has 1 amide bonds. The first-order valence-electron chi connectivity index (χ1n) is 17.1. The van der Waals surface area contributed by atoms with Gasteiger partial charge in [-0.15, -0.1) is 0 Å². The fourth-order valence-electron chi connectivity index (χ4n) is 6.51. The molecule has 0 radical (unpaired) electrons. The lowest BCUT2D eigenvalue weighted by Crippen LogP contribution is -2.41. The molecule has 0 aliphatic heterocycles. The molecule has 7 nitrogen and oxygen atoms in total. The van der Waals surface area contributed by atoms with Crippen LogP contribution >= 0.6 is 0 Å². The number of carbonyl (C=O) groups is 2. The highest BCUT2D eigenvalue weighted by Gasteiger charge is 2.41. The summed E-state index contributed by atoms with van der Waals surface area (Å²) < 4.78 is 124. The Bertz CT molecular complexity index is 1840. The van der Waals surface area contributed by atoms with Crippen molar-refractivity contribution in [3.05, 3.63) is 91.4 Å². The molecule has 292 valence electrons. The maximum absolute atomic E-state index is 16.7. The number of aromatic nitrogens is 1. The number of alkyl halides is 6. The van der Waals surface area contributed by atoms with E-state index in [1.165, 1.54) is 20.8 Å². The summed E-state index contributed by atoms with van der Waals surface area (Å²) in [5.41, 5.74) is -4.93. The minimum Gasteiger partial charge on any atom is -0.466 e. The topological polar surface area (TPSA) is 80.6 Å². The zero-order valence-corrected chi connectivity index (χ0v) is 30.9. The summed E-state index contributed by atoms with van der Waals surface area (Å²) in [5.74, 6) is -6.23. The molecule has 0 aliphatic rings. The van der Waals surface area contributed by atoms with E-state index >= 15 is 8.78 Å². The van der Waals surface area contributed by atoms with Gasteiger partial charge < -0.3 is 19.5 Å². The number of nitrogens with zero attached hydrogens (tertiary/aromatic N) is 2. The third-order valence-electron chi connectivity index (χ3n) is 8.68. The summed E-state index contributed by atoms with van der Waals surface area (Å²) >= 11 is 0. The van der Waals surface area contributed by atoms with Crippen LogP contribution in [0.15, 0.2) is 35.3 Å². The Balaban J connectivity index is 2.31. The van der Waals surface area contributed by atoms with Crippen LogP contribution in [-0.2, 0) is 33.1 Å². The molecule has 1 N–H and O–H groups in total. The SMILES string of the molecule is CCOC(=O)CC(NC(=O)C(CC(C)C)n1cc(CCCN(C)C)c(C(F)(F)F)cc1=O)c1c(F)c(-c2c(C)cc(C)cc2C)cc(C(F)(F)F)c1F. The normalized spacial score (nSPS) is 13.4. The fraction of sp³-hybridized carbons (Fsp3) is 0.500. The fourth-order valence-corrected chi connectivity index (χ4v) is 6.51. The molecule has 15 heteroatoms. The number of aryl methyl sites for hydroxylation is 4. The van der Waals surface area contributed by atoms with Crippen LogP contribution in [0.5, 0.6) is 0 Å². The Morgan fingerprint density at radius 1 is 0.906 bits per heavy atom. The van der Waals surface area contributed by atoms with Crippen LogP contribution in [0.3, 0.4) is 0 Å². The highest BCUT2D eigenvalue weighted by Crippen LogP contribution is 2.42. The van der Waals surface area contributed by atoms with Crippen molar-refractivity contribution in [3.63, 3.8) is 0 Å². The zero-order chi connectivity index (χ0) is 40.2. The average Bonchev–Trinajstić information content (AvgIpc) is 2.99. The highest BCUT2D eigenvalue weighted by molar-refractivity contribution is 5.82. The van der Waals surface area contributed by atoms with Crippen LogP contribution in [0.4, 0.5) is 35.1 Å². The average molecular weight is 760 g/mol. The van der Waals surface area contributed by atoms with Gasteiger partial charge in [0.15, 0.2) is 0 Å². The summed E-state index contributed by atoms with van der Waals surface area (Å²) in [7, 11) is 3.45. The van der Waals surface area contributed by atoms with Gasteiger partial charge >= 0.3 is 18.3 Å². The van der Waals surface area contributed by atoms with Gasteiger partial charge in [0.05, 0.1) is 30.2 Å². The van der Waals surface area contributed by atoms with Crippen molar-refractivity contribution in [2.75, 3.05) is 27.2 Å². The summed E-state index contributed by atoms with van der Waals surface area (Å²) in [6.45, 7) is 9.70. The maximum Gasteiger partial charge on any atom is 0.419 e. The van der Waals surface area contributed by atoms with Crippen molar-refractivity contribution in [1.29, 1.82) is 0 Å². The molecular weight excluding hydrogens is 714 g/mol. The van der Waals surface area contributed by atoms with Crippen molar-refractivity contribution in [3.8, 4) is 11.1 Å². The van der Waals surface area contributed by atoms with E-state index in [-0.39, 0.29) is 42.9 Å². The van der Waals surface area contributed by atoms with E-state index in [9.17, 15) is 40.7 Å². The minimum absolute atomic E-state index is 0.0387. The van der Waals surface area contributed by atoms with Crippen molar-refractivity contribution >= 4 is 11.9 Å². The molecule has 0 saturated carbocycles. The quantitative estimate of drug-likeness (QED) is 0.132. The molecule has 2 aromatic carbocycles. The Morgan fingerprint density at radius 2 is 1.49 bits per heavy atom. The standard InChI is InChI=1S/C38H45F8N3O4/c1-9-53-31(51)18-28(33-34(39)25(16-27(35(33)40)38(44,45)46)32-22(5)14-21(4)15-23(32)6)47-36(52)29(13-20(2)3)49-19-24(11-10-12-48(7)8)26(17-30(49)50)37(41,42)43/h14-17,19-20,28-29H,9-13,18H2,1-8H3,(H,47,52). The Kier molecular flexibility index (Phi) is 14.0. The third kappa shape index (κ3) is 10.7. The second kappa shape index (κ2) is 17.3. The molecule has 0 saturated heterocycles. The number of esters is 1. The van der Waals surface area contributed by atoms with E-state index in [2.05, 4.69) is 5.32 Å². The van der Waals surface area contributed by atoms with Gasteiger partial charge in [-0.3, -0.25) is 14.4 Å². The second-order valence-electron chi connectivity index (χ2n) is 13.9. The van der Waals surface area contributed by atoms with Crippen molar-refractivity contribution < 1.29 is 49.4 Å². The second-order valence-corrected chi connectivity index (χ2v) is 13.9. The molecule has 0 bridgehead atoms. The van der Waals surface area contributed by atoms with E-state index in [1.807, 2.05) is 0 Å². The molecular formula is C38H45F8N3O4. The van der Waals surface area contributed by atoms with Gasteiger partial charge in [0.25, 0.3) is 5.56 Å². The first-order chi connectivity index (χ1) is 24.5. The largest absolute Gasteiger partial charge is 0.466 e. The van der Waals surface area contributed by atoms with Gasteiger partial charge in [-0.1, -0.05) is 31.5 Å². The van der Waals surface area contributed by atoms with E-state index in [1.54, 1.807) is 51.9 Å². The van der Waals surface area contributed by atoms with Crippen LogP contribution in [0.2, 0.25) is 0 Å². The Labute approximate surface area is 303 Å². The molecule has 1 heterocycles. The van der Waals surface area contributed by atoms with Gasteiger partial charge in [-0.05, 0) is 102 Å². The number of pyridine rings is 1. The molecule has 2 unspecified atom stereocenters. The molecule has 2 atom stereocenters. The lowest BCUT2D eigenvalue weighted by molar-refractivity contribution is -0.144. The third-order valence-corrected chi connectivity index (χ3v) is 8.68. The van der Waals surface area contributed by atoms with Crippen LogP contribution in [-0.4, -0.2) is 48.6 Å². The van der Waals surface area contributed by atoms with Crippen molar-refractivity contribution in [2.45, 2.75) is 91.7 Å². The molecule has 0 spiro atoms. The van der Waals surface area contributed by atoms with Gasteiger partial charge in [0, 0.05) is 23.4 Å². The van der Waals surface area contributed by atoms with E-state index < -0.39 is 82.2 Å². The first-order valence-corrected chi connectivity index (χ1v) is 17.1.